The largest absolute Gasteiger partial charge is 0.455 e. The van der Waals surface area contributed by atoms with Crippen molar-refractivity contribution >= 4 is 30.0 Å². The molecule has 0 bridgehead atoms. The Bertz CT molecular complexity index is 2260. The first kappa shape index (κ1) is 27.6. The Morgan fingerprint density at radius 1 is 0.830 bits per heavy atom. The number of aromatic nitrogens is 1. The minimum absolute atomic E-state index is 0.133. The number of nitrogens with zero attached hydrogens (tertiary/aromatic N) is 2. The van der Waals surface area contributed by atoms with Gasteiger partial charge < -0.3 is 4.42 Å². The highest BCUT2D eigenvalue weighted by molar-refractivity contribution is 6.80. The summed E-state index contributed by atoms with van der Waals surface area (Å²) in [5.41, 5.74) is 9.53. The second-order valence-electron chi connectivity index (χ2n) is 14.9. The normalized spacial score (nSPS) is 17.2. The van der Waals surface area contributed by atoms with Crippen molar-refractivity contribution in [3.63, 3.8) is 0 Å². The third-order valence-electron chi connectivity index (χ3n) is 11.1. The van der Waals surface area contributed by atoms with Crippen LogP contribution in [-0.2, 0) is 5.41 Å². The summed E-state index contributed by atoms with van der Waals surface area (Å²) in [6, 6.07) is 35.2. The summed E-state index contributed by atoms with van der Waals surface area (Å²) >= 11 is 0. The molecule has 4 heterocycles. The van der Waals surface area contributed by atoms with Crippen molar-refractivity contribution in [3.8, 4) is 39.6 Å². The molecule has 2 aromatic heterocycles. The minimum Gasteiger partial charge on any atom is -0.455 e. The molecule has 2 aliphatic rings. The highest BCUT2D eigenvalue weighted by Gasteiger charge is 2.39. The van der Waals surface area contributed by atoms with Crippen LogP contribution < -0.4 is 0 Å². The van der Waals surface area contributed by atoms with E-state index in [9.17, 15) is 6.63 Å². The Balaban J connectivity index is 1.22. The van der Waals surface area contributed by atoms with Gasteiger partial charge in [0.05, 0.1) is 28.1 Å². The second kappa shape index (κ2) is 11.7. The van der Waals surface area contributed by atoms with Crippen LogP contribution in [0.3, 0.4) is 0 Å². The van der Waals surface area contributed by atoms with E-state index in [-0.39, 0.29) is 5.41 Å². The van der Waals surface area contributed by atoms with Gasteiger partial charge in [-0.25, -0.2) is 0 Å². The number of furan rings is 1. The van der Waals surface area contributed by atoms with Crippen LogP contribution in [0.15, 0.2) is 102 Å². The lowest BCUT2D eigenvalue weighted by Crippen LogP contribution is -2.34. The van der Waals surface area contributed by atoms with Gasteiger partial charge >= 0.3 is 0 Å². The van der Waals surface area contributed by atoms with Gasteiger partial charge in [-0.05, 0) is 82.3 Å². The van der Waals surface area contributed by atoms with Crippen LogP contribution in [0.25, 0.3) is 55.4 Å². The van der Waals surface area contributed by atoms with E-state index in [1.54, 1.807) is 24.2 Å². The lowest BCUT2D eigenvalue weighted by molar-refractivity contribution is 0.577. The number of rotatable bonds is 4. The molecule has 3 nitrogen and oxygen atoms in total. The summed E-state index contributed by atoms with van der Waals surface area (Å²) in [6.45, 7) is 6.79. The summed E-state index contributed by atoms with van der Waals surface area (Å²) in [6.07, 6.45) is 7.35. The molecule has 4 aromatic carbocycles. The van der Waals surface area contributed by atoms with Crippen molar-refractivity contribution in [3.05, 3.63) is 114 Å². The lowest BCUT2D eigenvalue weighted by atomic mass is 9.79. The number of fused-ring (bicyclic) bond motifs is 3. The third kappa shape index (κ3) is 5.31. The average Bonchev–Trinajstić information content (AvgIpc) is 3.72. The molecule has 0 saturated carbocycles. The van der Waals surface area contributed by atoms with Crippen molar-refractivity contribution in [2.45, 2.75) is 82.0 Å². The molecule has 1 spiro atoms. The van der Waals surface area contributed by atoms with Crippen LogP contribution >= 0.6 is 0 Å². The molecule has 0 atom stereocenters. The van der Waals surface area contributed by atoms with Crippen molar-refractivity contribution in [2.75, 3.05) is 0 Å². The average molecular weight is 633 g/mol. The number of pyridine rings is 1. The molecule has 0 radical (unpaired) electrons. The standard InChI is InChI=1S/C43H42N2OSi/c1-43(2,3)38-26-31(29-19-24-47(25-20-29)22-7-8-23-47)14-16-34(38)32-18-21-45-39(27-32)37-13-9-12-35-36-17-15-33(28-44)40(42(36)46-41(35)37)30-10-5-4-6-11-30/h4-6,9-18,21,26-27,29H,7-8,19-20,22-25H2,1-3H3/i4D,16D. The number of nitriles is 1. The maximum Gasteiger partial charge on any atom is 0.144 e. The number of benzene rings is 4. The molecular weight excluding hydrogens is 589 g/mol. The Morgan fingerprint density at radius 2 is 1.60 bits per heavy atom. The van der Waals surface area contributed by atoms with E-state index in [1.807, 2.05) is 48.7 Å². The zero-order chi connectivity index (χ0) is 33.9. The fourth-order valence-electron chi connectivity index (χ4n) is 8.50. The lowest BCUT2D eigenvalue weighted by Gasteiger charge is -2.36. The first-order chi connectivity index (χ1) is 23.6. The first-order valence-corrected chi connectivity index (χ1v) is 20.0. The van der Waals surface area contributed by atoms with Crippen molar-refractivity contribution in [1.29, 1.82) is 5.26 Å². The molecule has 47 heavy (non-hydrogen) atoms. The molecule has 234 valence electrons. The zero-order valence-corrected chi connectivity index (χ0v) is 28.6. The molecule has 2 fully saturated rings. The number of hydrogen-bond acceptors (Lipinski definition) is 3. The molecule has 2 aliphatic heterocycles. The van der Waals surface area contributed by atoms with E-state index in [2.05, 4.69) is 51.1 Å². The van der Waals surface area contributed by atoms with E-state index in [1.165, 1.54) is 48.9 Å². The van der Waals surface area contributed by atoms with Crippen LogP contribution in [0.1, 0.15) is 71.8 Å². The van der Waals surface area contributed by atoms with E-state index in [0.717, 1.165) is 44.3 Å². The second-order valence-corrected chi connectivity index (χ2v) is 19.9. The fourth-order valence-corrected chi connectivity index (χ4v) is 13.9. The van der Waals surface area contributed by atoms with Crippen molar-refractivity contribution in [2.24, 2.45) is 0 Å². The summed E-state index contributed by atoms with van der Waals surface area (Å²) < 4.78 is 24.1. The predicted octanol–water partition coefficient (Wildman–Crippen LogP) is 12.3. The highest BCUT2D eigenvalue weighted by Crippen LogP contribution is 2.48. The molecule has 0 N–H and O–H groups in total. The van der Waals surface area contributed by atoms with Gasteiger partial charge in [0, 0.05) is 28.1 Å². The molecular formula is C43H42N2OSi. The van der Waals surface area contributed by atoms with E-state index >= 15 is 0 Å². The zero-order valence-electron chi connectivity index (χ0n) is 29.6. The summed E-state index contributed by atoms with van der Waals surface area (Å²) in [7, 11) is -1.00. The monoisotopic (exact) mass is 632 g/mol. The van der Waals surface area contributed by atoms with E-state index < -0.39 is 8.07 Å². The van der Waals surface area contributed by atoms with Crippen molar-refractivity contribution < 1.29 is 7.16 Å². The van der Waals surface area contributed by atoms with Gasteiger partial charge in [0.25, 0.3) is 0 Å². The molecule has 0 unspecified atom stereocenters. The number of para-hydroxylation sites is 1. The molecule has 4 heteroatoms. The summed E-state index contributed by atoms with van der Waals surface area (Å²) in [5.74, 6) is 0.563. The third-order valence-corrected chi connectivity index (χ3v) is 16.6. The minimum atomic E-state index is -1.00. The molecule has 8 rings (SSSR count). The maximum atomic E-state index is 10.0. The maximum absolute atomic E-state index is 10.0. The summed E-state index contributed by atoms with van der Waals surface area (Å²) in [5, 5.41) is 11.9. The van der Waals surface area contributed by atoms with Gasteiger partial charge in [-0.2, -0.15) is 5.26 Å². The van der Waals surface area contributed by atoms with Gasteiger partial charge in [0.1, 0.15) is 11.2 Å². The van der Waals surface area contributed by atoms with E-state index in [4.69, 9.17) is 10.8 Å². The fraction of sp³-hybridized carbons (Fsp3) is 0.302. The highest BCUT2D eigenvalue weighted by atomic mass is 28.3. The Kier molecular flexibility index (Phi) is 6.85. The van der Waals surface area contributed by atoms with Crippen LogP contribution in [-0.4, -0.2) is 13.1 Å². The predicted molar refractivity (Wildman–Crippen MR) is 197 cm³/mol. The van der Waals surface area contributed by atoms with Crippen LogP contribution in [0, 0.1) is 11.3 Å². The van der Waals surface area contributed by atoms with E-state index in [0.29, 0.717) is 34.7 Å². The van der Waals surface area contributed by atoms with Gasteiger partial charge in [0.15, 0.2) is 0 Å². The van der Waals surface area contributed by atoms with Gasteiger partial charge in [-0.15, -0.1) is 0 Å². The first-order valence-electron chi connectivity index (χ1n) is 18.2. The Morgan fingerprint density at radius 3 is 2.34 bits per heavy atom. The Labute approximate surface area is 282 Å². The molecule has 2 saturated heterocycles. The molecule has 6 aromatic rings. The summed E-state index contributed by atoms with van der Waals surface area (Å²) in [4.78, 5) is 4.84. The van der Waals surface area contributed by atoms with Crippen LogP contribution in [0.5, 0.6) is 0 Å². The SMILES string of the molecule is [2H]c1ccc(-c2c(C#N)ccc3c2oc2c(-c4cc(-c5c([2H])cc(C6CC[Si]7(CCCC7)CC6)cc5C(C)(C)C)ccn4)cccc23)cc1. The topological polar surface area (TPSA) is 49.8 Å². The van der Waals surface area contributed by atoms with Crippen LogP contribution in [0.4, 0.5) is 0 Å². The van der Waals surface area contributed by atoms with Crippen LogP contribution in [0.2, 0.25) is 24.2 Å². The Hall–Kier alpha value is -4.46. The quantitative estimate of drug-likeness (QED) is 0.182. The van der Waals surface area contributed by atoms with Gasteiger partial charge in [0.2, 0.25) is 0 Å². The molecule has 0 amide bonds. The van der Waals surface area contributed by atoms with Crippen molar-refractivity contribution in [1.82, 2.24) is 4.98 Å². The smallest absolute Gasteiger partial charge is 0.144 e. The van der Waals surface area contributed by atoms with Gasteiger partial charge in [-0.3, -0.25) is 4.98 Å². The number of hydrogen-bond donors (Lipinski definition) is 0. The van der Waals surface area contributed by atoms with Gasteiger partial charge in [-0.1, -0.05) is 118 Å². The molecule has 0 aliphatic carbocycles.